The van der Waals surface area contributed by atoms with Gasteiger partial charge in [-0.05, 0) is 25.7 Å². The maximum Gasteiger partial charge on any atom is 0.305 e. The summed E-state index contributed by atoms with van der Waals surface area (Å²) < 4.78 is 5.57. The number of amides is 2. The van der Waals surface area contributed by atoms with E-state index in [-0.39, 0.29) is 30.3 Å². The van der Waals surface area contributed by atoms with Crippen molar-refractivity contribution in [3.63, 3.8) is 0 Å². The first kappa shape index (κ1) is 16.2. The monoisotopic (exact) mass is 324 g/mol. The van der Waals surface area contributed by atoms with Gasteiger partial charge in [-0.15, -0.1) is 0 Å². The summed E-state index contributed by atoms with van der Waals surface area (Å²) in [6.07, 6.45) is 4.38. The Hall–Kier alpha value is -1.63. The third-order valence-electron chi connectivity index (χ3n) is 5.14. The molecule has 1 saturated carbocycles. The van der Waals surface area contributed by atoms with E-state index in [0.29, 0.717) is 19.6 Å². The molecule has 0 bridgehead atoms. The molecule has 0 aromatic heterocycles. The molecule has 3 aliphatic rings. The second kappa shape index (κ2) is 6.86. The minimum Gasteiger partial charge on any atom is -0.481 e. The zero-order chi connectivity index (χ0) is 16.4. The summed E-state index contributed by atoms with van der Waals surface area (Å²) in [6.45, 7) is 2.11. The first-order valence-electron chi connectivity index (χ1n) is 8.49. The van der Waals surface area contributed by atoms with Crippen LogP contribution in [0.25, 0.3) is 0 Å². The lowest BCUT2D eigenvalue weighted by Crippen LogP contribution is -2.61. The molecular formula is C16H24N2O5. The van der Waals surface area contributed by atoms with Crippen molar-refractivity contribution >= 4 is 17.8 Å². The average Bonchev–Trinajstić information content (AvgIpc) is 2.94. The smallest absolute Gasteiger partial charge is 0.305 e. The molecule has 2 aliphatic heterocycles. The summed E-state index contributed by atoms with van der Waals surface area (Å²) in [7, 11) is 0. The zero-order valence-electron chi connectivity index (χ0n) is 13.3. The fraction of sp³-hybridized carbons (Fsp3) is 0.812. The van der Waals surface area contributed by atoms with Gasteiger partial charge in [0.15, 0.2) is 0 Å². The van der Waals surface area contributed by atoms with Gasteiger partial charge < -0.3 is 19.6 Å². The Morgan fingerprint density at radius 2 is 1.96 bits per heavy atom. The lowest BCUT2D eigenvalue weighted by molar-refractivity contribution is -0.159. The summed E-state index contributed by atoms with van der Waals surface area (Å²) in [5.74, 6) is -1.37. The summed E-state index contributed by atoms with van der Waals surface area (Å²) in [5, 5.41) is 9.13. The molecule has 1 aliphatic carbocycles. The molecule has 23 heavy (non-hydrogen) atoms. The number of piperazine rings is 1. The molecule has 2 heterocycles. The van der Waals surface area contributed by atoms with E-state index in [2.05, 4.69) is 0 Å². The predicted molar refractivity (Wildman–Crippen MR) is 80.6 cm³/mol. The van der Waals surface area contributed by atoms with Crippen molar-refractivity contribution in [3.8, 4) is 0 Å². The standard InChI is InChI=1S/C16H24N2O5/c19-14(20)9-13-16(22)17(10-12-5-2-8-23-12)6-7-18(13)15(21)11-3-1-4-11/h11-13H,1-10H2,(H,19,20). The van der Waals surface area contributed by atoms with Gasteiger partial charge in [-0.1, -0.05) is 6.42 Å². The van der Waals surface area contributed by atoms with E-state index >= 15 is 0 Å². The van der Waals surface area contributed by atoms with Crippen molar-refractivity contribution in [2.45, 2.75) is 50.7 Å². The highest BCUT2D eigenvalue weighted by Gasteiger charge is 2.42. The van der Waals surface area contributed by atoms with Gasteiger partial charge in [0.2, 0.25) is 11.8 Å². The molecule has 0 spiro atoms. The first-order valence-corrected chi connectivity index (χ1v) is 8.49. The summed E-state index contributed by atoms with van der Waals surface area (Å²) in [4.78, 5) is 39.5. The normalized spacial score (nSPS) is 28.8. The highest BCUT2D eigenvalue weighted by Crippen LogP contribution is 2.30. The Morgan fingerprint density at radius 1 is 1.17 bits per heavy atom. The quantitative estimate of drug-likeness (QED) is 0.795. The zero-order valence-corrected chi connectivity index (χ0v) is 13.3. The van der Waals surface area contributed by atoms with Crippen LogP contribution < -0.4 is 0 Å². The fourth-order valence-corrected chi connectivity index (χ4v) is 3.57. The maximum absolute atomic E-state index is 12.7. The molecule has 2 amide bonds. The SMILES string of the molecule is O=C(O)CC1C(=O)N(CC2CCCO2)CCN1C(=O)C1CCC1. The molecule has 0 aromatic carbocycles. The minimum atomic E-state index is -1.05. The van der Waals surface area contributed by atoms with Crippen LogP contribution >= 0.6 is 0 Å². The van der Waals surface area contributed by atoms with Crippen LogP contribution in [0.15, 0.2) is 0 Å². The second-order valence-electron chi connectivity index (χ2n) is 6.69. The molecule has 2 unspecified atom stereocenters. The molecule has 2 atom stereocenters. The maximum atomic E-state index is 12.7. The highest BCUT2D eigenvalue weighted by molar-refractivity contribution is 5.92. The van der Waals surface area contributed by atoms with Gasteiger partial charge in [0, 0.05) is 32.2 Å². The number of ether oxygens (including phenoxy) is 1. The van der Waals surface area contributed by atoms with Crippen LogP contribution in [0.1, 0.15) is 38.5 Å². The van der Waals surface area contributed by atoms with E-state index in [9.17, 15) is 14.4 Å². The number of carboxylic acids is 1. The number of aliphatic carboxylic acids is 1. The Bertz CT molecular complexity index is 485. The van der Waals surface area contributed by atoms with Gasteiger partial charge in [0.1, 0.15) is 6.04 Å². The van der Waals surface area contributed by atoms with E-state index in [4.69, 9.17) is 9.84 Å². The highest BCUT2D eigenvalue weighted by atomic mass is 16.5. The molecule has 7 nitrogen and oxygen atoms in total. The summed E-state index contributed by atoms with van der Waals surface area (Å²) in [6, 6.07) is -0.865. The number of nitrogens with zero attached hydrogens (tertiary/aromatic N) is 2. The van der Waals surface area contributed by atoms with Gasteiger partial charge in [-0.2, -0.15) is 0 Å². The van der Waals surface area contributed by atoms with E-state index in [0.717, 1.165) is 38.7 Å². The topological polar surface area (TPSA) is 87.2 Å². The molecule has 0 aromatic rings. The van der Waals surface area contributed by atoms with Crippen molar-refractivity contribution in [2.75, 3.05) is 26.2 Å². The number of carboxylic acid groups (broad SMARTS) is 1. The fourth-order valence-electron chi connectivity index (χ4n) is 3.57. The van der Waals surface area contributed by atoms with Crippen LogP contribution in [-0.4, -0.2) is 71.1 Å². The Labute approximate surface area is 135 Å². The van der Waals surface area contributed by atoms with Crippen molar-refractivity contribution in [1.82, 2.24) is 9.80 Å². The molecular weight excluding hydrogens is 300 g/mol. The summed E-state index contributed by atoms with van der Waals surface area (Å²) in [5.41, 5.74) is 0. The van der Waals surface area contributed by atoms with E-state index < -0.39 is 12.0 Å². The van der Waals surface area contributed by atoms with Gasteiger partial charge in [-0.25, -0.2) is 0 Å². The molecule has 128 valence electrons. The van der Waals surface area contributed by atoms with Gasteiger partial charge >= 0.3 is 5.97 Å². The Morgan fingerprint density at radius 3 is 2.52 bits per heavy atom. The number of carbonyl (C=O) groups is 3. The minimum absolute atomic E-state index is 0.0242. The molecule has 1 N–H and O–H groups in total. The largest absolute Gasteiger partial charge is 0.481 e. The molecule has 3 rings (SSSR count). The molecule has 0 radical (unpaired) electrons. The number of hydrogen-bond donors (Lipinski definition) is 1. The molecule has 7 heteroatoms. The number of rotatable bonds is 5. The predicted octanol–water partition coefficient (Wildman–Crippen LogP) is 0.480. The Kier molecular flexibility index (Phi) is 4.84. The summed E-state index contributed by atoms with van der Waals surface area (Å²) >= 11 is 0. The van der Waals surface area contributed by atoms with Crippen molar-refractivity contribution in [3.05, 3.63) is 0 Å². The van der Waals surface area contributed by atoms with Crippen LogP contribution in [-0.2, 0) is 19.1 Å². The van der Waals surface area contributed by atoms with Crippen LogP contribution in [0.4, 0.5) is 0 Å². The lowest BCUT2D eigenvalue weighted by Gasteiger charge is -2.43. The molecule has 3 fully saturated rings. The van der Waals surface area contributed by atoms with Gasteiger partial charge in [-0.3, -0.25) is 14.4 Å². The van der Waals surface area contributed by atoms with E-state index in [1.165, 1.54) is 4.90 Å². The Balaban J connectivity index is 1.68. The van der Waals surface area contributed by atoms with Gasteiger partial charge in [0.05, 0.1) is 12.5 Å². The average molecular weight is 324 g/mol. The van der Waals surface area contributed by atoms with Crippen LogP contribution in [0.2, 0.25) is 0 Å². The third kappa shape index (κ3) is 3.49. The first-order chi connectivity index (χ1) is 11.1. The second-order valence-corrected chi connectivity index (χ2v) is 6.69. The van der Waals surface area contributed by atoms with Crippen molar-refractivity contribution in [2.24, 2.45) is 5.92 Å². The van der Waals surface area contributed by atoms with Gasteiger partial charge in [0.25, 0.3) is 0 Å². The van der Waals surface area contributed by atoms with Crippen molar-refractivity contribution in [1.29, 1.82) is 0 Å². The number of hydrogen-bond acceptors (Lipinski definition) is 4. The van der Waals surface area contributed by atoms with Crippen molar-refractivity contribution < 1.29 is 24.2 Å². The third-order valence-corrected chi connectivity index (χ3v) is 5.14. The lowest BCUT2D eigenvalue weighted by atomic mass is 9.83. The van der Waals surface area contributed by atoms with E-state index in [1.807, 2.05) is 0 Å². The van der Waals surface area contributed by atoms with E-state index in [1.54, 1.807) is 4.90 Å². The van der Waals surface area contributed by atoms with Crippen LogP contribution in [0, 0.1) is 5.92 Å². The van der Waals surface area contributed by atoms with Crippen LogP contribution in [0.5, 0.6) is 0 Å². The number of carbonyl (C=O) groups excluding carboxylic acids is 2. The molecule has 2 saturated heterocycles. The van der Waals surface area contributed by atoms with Crippen LogP contribution in [0.3, 0.4) is 0 Å².